The molecule has 2 atom stereocenters. The summed E-state index contributed by atoms with van der Waals surface area (Å²) >= 11 is 0. The van der Waals surface area contributed by atoms with Crippen LogP contribution in [0.3, 0.4) is 0 Å². The summed E-state index contributed by atoms with van der Waals surface area (Å²) in [5.74, 6) is -1.19. The van der Waals surface area contributed by atoms with Crippen LogP contribution in [0.25, 0.3) is 0 Å². The van der Waals surface area contributed by atoms with Crippen LogP contribution in [0.1, 0.15) is 25.5 Å². The van der Waals surface area contributed by atoms with Crippen LogP contribution in [0.15, 0.2) is 30.3 Å². The van der Waals surface area contributed by atoms with Crippen molar-refractivity contribution in [3.05, 3.63) is 35.9 Å². The Morgan fingerprint density at radius 1 is 1.37 bits per heavy atom. The van der Waals surface area contributed by atoms with Crippen LogP contribution >= 0.6 is 0 Å². The molecule has 0 aromatic heterocycles. The van der Waals surface area contributed by atoms with Gasteiger partial charge in [0.05, 0.1) is 6.04 Å². The lowest BCUT2D eigenvalue weighted by molar-refractivity contribution is -0.144. The summed E-state index contributed by atoms with van der Waals surface area (Å²) in [7, 11) is 0. The fourth-order valence-corrected chi connectivity index (χ4v) is 2.40. The quantitative estimate of drug-likeness (QED) is 0.905. The first-order valence-electron chi connectivity index (χ1n) is 6.25. The molecule has 1 N–H and O–H groups in total. The first kappa shape index (κ1) is 13.4. The van der Waals surface area contributed by atoms with E-state index in [0.29, 0.717) is 0 Å². The predicted molar refractivity (Wildman–Crippen MR) is 68.6 cm³/mol. The van der Waals surface area contributed by atoms with Crippen molar-refractivity contribution in [3.8, 4) is 0 Å². The number of amides is 1. The van der Waals surface area contributed by atoms with Gasteiger partial charge in [0.1, 0.15) is 12.6 Å². The highest BCUT2D eigenvalue weighted by atomic mass is 16.6. The molecule has 0 saturated carbocycles. The Balaban J connectivity index is 2.34. The van der Waals surface area contributed by atoms with Crippen LogP contribution in [0, 0.1) is 5.92 Å². The summed E-state index contributed by atoms with van der Waals surface area (Å²) in [5.41, 5.74) is 0.889. The number of carbonyl (C=O) groups excluding carboxylic acids is 1. The van der Waals surface area contributed by atoms with Crippen molar-refractivity contribution < 1.29 is 19.4 Å². The third kappa shape index (κ3) is 2.54. The maximum atomic E-state index is 11.8. The molecule has 1 aliphatic heterocycles. The Hall–Kier alpha value is -2.04. The summed E-state index contributed by atoms with van der Waals surface area (Å²) in [6.45, 7) is 3.76. The second-order valence-electron chi connectivity index (χ2n) is 4.94. The van der Waals surface area contributed by atoms with E-state index < -0.39 is 18.1 Å². The number of benzene rings is 1. The number of aliphatic carboxylic acids is 1. The predicted octanol–water partition coefficient (Wildman–Crippen LogP) is 2.29. The number of hydrogen-bond acceptors (Lipinski definition) is 3. The van der Waals surface area contributed by atoms with E-state index >= 15 is 0 Å². The average Bonchev–Trinajstić information content (AvgIpc) is 2.72. The summed E-state index contributed by atoms with van der Waals surface area (Å²) in [6, 6.07) is 8.14. The van der Waals surface area contributed by atoms with Crippen molar-refractivity contribution in [2.75, 3.05) is 6.61 Å². The molecule has 1 aromatic rings. The van der Waals surface area contributed by atoms with E-state index in [1.165, 1.54) is 4.90 Å². The van der Waals surface area contributed by atoms with Gasteiger partial charge in [0, 0.05) is 0 Å². The van der Waals surface area contributed by atoms with Gasteiger partial charge in [-0.15, -0.1) is 0 Å². The Morgan fingerprint density at radius 3 is 2.53 bits per heavy atom. The molecule has 19 heavy (non-hydrogen) atoms. The summed E-state index contributed by atoms with van der Waals surface area (Å²) < 4.78 is 5.04. The third-order valence-electron chi connectivity index (χ3n) is 3.28. The van der Waals surface area contributed by atoms with Gasteiger partial charge in [-0.1, -0.05) is 44.2 Å². The van der Waals surface area contributed by atoms with Gasteiger partial charge in [-0.25, -0.2) is 9.59 Å². The molecule has 2 rings (SSSR count). The molecule has 102 valence electrons. The lowest BCUT2D eigenvalue weighted by atomic mass is 9.99. The number of hydrogen-bond donors (Lipinski definition) is 1. The number of carbonyl (C=O) groups is 2. The molecule has 0 aliphatic carbocycles. The highest BCUT2D eigenvalue weighted by Crippen LogP contribution is 2.31. The smallest absolute Gasteiger partial charge is 0.411 e. The highest BCUT2D eigenvalue weighted by molar-refractivity contribution is 5.81. The van der Waals surface area contributed by atoms with E-state index in [1.807, 2.05) is 30.3 Å². The van der Waals surface area contributed by atoms with E-state index in [0.717, 1.165) is 5.56 Å². The first-order chi connectivity index (χ1) is 9.02. The second-order valence-corrected chi connectivity index (χ2v) is 4.94. The minimum Gasteiger partial charge on any atom is -0.480 e. The molecule has 1 saturated heterocycles. The van der Waals surface area contributed by atoms with Crippen molar-refractivity contribution >= 4 is 12.1 Å². The van der Waals surface area contributed by atoms with Crippen LogP contribution < -0.4 is 0 Å². The number of cyclic esters (lactones) is 1. The van der Waals surface area contributed by atoms with E-state index in [-0.39, 0.29) is 18.6 Å². The van der Waals surface area contributed by atoms with Gasteiger partial charge < -0.3 is 9.84 Å². The van der Waals surface area contributed by atoms with Gasteiger partial charge >= 0.3 is 12.1 Å². The SMILES string of the molecule is CC(C)[C@H](C(=O)O)N1C(=O)OC[C@H]1c1ccccc1. The van der Waals surface area contributed by atoms with Gasteiger partial charge in [-0.05, 0) is 11.5 Å². The molecule has 5 nitrogen and oxygen atoms in total. The second kappa shape index (κ2) is 5.30. The number of carboxylic acids is 1. The number of rotatable bonds is 4. The number of nitrogens with zero attached hydrogens (tertiary/aromatic N) is 1. The van der Waals surface area contributed by atoms with Crippen molar-refractivity contribution in [2.45, 2.75) is 25.9 Å². The minimum atomic E-state index is -1.00. The Morgan fingerprint density at radius 2 is 2.00 bits per heavy atom. The van der Waals surface area contributed by atoms with Gasteiger partial charge in [-0.2, -0.15) is 0 Å². The van der Waals surface area contributed by atoms with E-state index in [9.17, 15) is 14.7 Å². The summed E-state index contributed by atoms with van der Waals surface area (Å²) in [4.78, 5) is 24.6. The average molecular weight is 263 g/mol. The first-order valence-corrected chi connectivity index (χ1v) is 6.25. The lowest BCUT2D eigenvalue weighted by Gasteiger charge is -2.30. The zero-order valence-corrected chi connectivity index (χ0v) is 10.9. The zero-order chi connectivity index (χ0) is 14.0. The van der Waals surface area contributed by atoms with Gasteiger partial charge in [0.2, 0.25) is 0 Å². The number of ether oxygens (including phenoxy) is 1. The third-order valence-corrected chi connectivity index (χ3v) is 3.28. The molecule has 1 aliphatic rings. The molecule has 0 radical (unpaired) electrons. The topological polar surface area (TPSA) is 66.8 Å². The van der Waals surface area contributed by atoms with Crippen molar-refractivity contribution in [1.82, 2.24) is 4.90 Å². The molecule has 1 heterocycles. The largest absolute Gasteiger partial charge is 0.480 e. The van der Waals surface area contributed by atoms with Crippen LogP contribution in [-0.4, -0.2) is 34.7 Å². The van der Waals surface area contributed by atoms with Crippen LogP contribution in [0.2, 0.25) is 0 Å². The molecular weight excluding hydrogens is 246 g/mol. The van der Waals surface area contributed by atoms with Crippen LogP contribution in [0.4, 0.5) is 4.79 Å². The Bertz CT molecular complexity index is 472. The Kier molecular flexibility index (Phi) is 3.74. The molecular formula is C14H17NO4. The molecule has 1 aromatic carbocycles. The zero-order valence-electron chi connectivity index (χ0n) is 10.9. The molecule has 0 unspecified atom stereocenters. The van der Waals surface area contributed by atoms with Gasteiger partial charge in [0.25, 0.3) is 0 Å². The summed E-state index contributed by atoms with van der Waals surface area (Å²) in [5, 5.41) is 9.34. The molecule has 1 amide bonds. The van der Waals surface area contributed by atoms with E-state index in [1.54, 1.807) is 13.8 Å². The maximum Gasteiger partial charge on any atom is 0.411 e. The van der Waals surface area contributed by atoms with Gasteiger partial charge in [0.15, 0.2) is 0 Å². The van der Waals surface area contributed by atoms with Crippen molar-refractivity contribution in [3.63, 3.8) is 0 Å². The Labute approximate surface area is 111 Å². The molecule has 1 fully saturated rings. The normalized spacial score (nSPS) is 20.5. The lowest BCUT2D eigenvalue weighted by Crippen LogP contribution is -2.46. The van der Waals surface area contributed by atoms with Crippen molar-refractivity contribution in [2.24, 2.45) is 5.92 Å². The monoisotopic (exact) mass is 263 g/mol. The maximum absolute atomic E-state index is 11.8. The molecule has 0 spiro atoms. The van der Waals surface area contributed by atoms with Crippen LogP contribution in [-0.2, 0) is 9.53 Å². The van der Waals surface area contributed by atoms with E-state index in [2.05, 4.69) is 0 Å². The summed E-state index contributed by atoms with van der Waals surface area (Å²) in [6.07, 6.45) is -0.560. The standard InChI is InChI=1S/C14H17NO4/c1-9(2)12(13(16)17)15-11(8-19-14(15)18)10-6-4-3-5-7-10/h3-7,9,11-12H,8H2,1-2H3,(H,16,17)/t11-,12+/m0/s1. The molecule has 5 heteroatoms. The van der Waals surface area contributed by atoms with Crippen LogP contribution in [0.5, 0.6) is 0 Å². The van der Waals surface area contributed by atoms with E-state index in [4.69, 9.17) is 4.74 Å². The highest BCUT2D eigenvalue weighted by Gasteiger charge is 2.43. The minimum absolute atomic E-state index is 0.186. The fraction of sp³-hybridized carbons (Fsp3) is 0.429. The molecule has 0 bridgehead atoms. The van der Waals surface area contributed by atoms with Gasteiger partial charge in [-0.3, -0.25) is 4.90 Å². The number of carboxylic acid groups (broad SMARTS) is 1. The fourth-order valence-electron chi connectivity index (χ4n) is 2.40. The van der Waals surface area contributed by atoms with Crippen molar-refractivity contribution in [1.29, 1.82) is 0 Å².